The minimum atomic E-state index is -1.33. The summed E-state index contributed by atoms with van der Waals surface area (Å²) in [5.41, 5.74) is 11.3. The average molecular weight is 542 g/mol. The van der Waals surface area contributed by atoms with Crippen molar-refractivity contribution in [1.82, 2.24) is 9.69 Å². The SMILES string of the molecule is COc1ccc(OC)c([C@@H](C(=O)NC2CCCC2)N(C(=O)c2snc(C(N)=O)c2N)c2cccc(F)c2)c1. The topological polar surface area (TPSA) is 150 Å². The van der Waals surface area contributed by atoms with Crippen molar-refractivity contribution in [2.24, 2.45) is 5.73 Å². The van der Waals surface area contributed by atoms with Crippen molar-refractivity contribution in [1.29, 1.82) is 0 Å². The molecule has 1 aliphatic rings. The number of nitrogens with zero attached hydrogens (tertiary/aromatic N) is 2. The van der Waals surface area contributed by atoms with E-state index in [2.05, 4.69) is 9.69 Å². The number of nitrogens with one attached hydrogen (secondary N) is 1. The molecule has 1 saturated carbocycles. The molecular formula is C26H28FN5O5S. The minimum absolute atomic E-state index is 0.0824. The number of hydrogen-bond donors (Lipinski definition) is 3. The van der Waals surface area contributed by atoms with Crippen molar-refractivity contribution in [2.75, 3.05) is 24.9 Å². The largest absolute Gasteiger partial charge is 0.497 e. The van der Waals surface area contributed by atoms with E-state index in [0.717, 1.165) is 36.6 Å². The molecule has 38 heavy (non-hydrogen) atoms. The number of carbonyl (C=O) groups is 3. The van der Waals surface area contributed by atoms with Gasteiger partial charge in [-0.15, -0.1) is 0 Å². The Bertz CT molecular complexity index is 1360. The van der Waals surface area contributed by atoms with Crippen LogP contribution in [-0.4, -0.2) is 42.4 Å². The van der Waals surface area contributed by atoms with Crippen LogP contribution in [0.3, 0.4) is 0 Å². The van der Waals surface area contributed by atoms with Gasteiger partial charge < -0.3 is 26.3 Å². The fourth-order valence-electron chi connectivity index (χ4n) is 4.55. The minimum Gasteiger partial charge on any atom is -0.497 e. The number of anilines is 2. The molecule has 200 valence electrons. The molecule has 2 aromatic carbocycles. The maximum atomic E-state index is 14.5. The van der Waals surface area contributed by atoms with Crippen molar-refractivity contribution in [2.45, 2.75) is 37.8 Å². The van der Waals surface area contributed by atoms with E-state index in [9.17, 15) is 18.8 Å². The van der Waals surface area contributed by atoms with E-state index in [1.807, 2.05) is 0 Å². The Labute approximate surface area is 222 Å². The van der Waals surface area contributed by atoms with E-state index in [4.69, 9.17) is 20.9 Å². The van der Waals surface area contributed by atoms with Crippen LogP contribution >= 0.6 is 11.5 Å². The summed E-state index contributed by atoms with van der Waals surface area (Å²) in [4.78, 5) is 40.9. The lowest BCUT2D eigenvalue weighted by atomic mass is 10.00. The first-order valence-corrected chi connectivity index (χ1v) is 12.7. The Morgan fingerprint density at radius 1 is 1.13 bits per heavy atom. The van der Waals surface area contributed by atoms with Crippen LogP contribution in [0.2, 0.25) is 0 Å². The molecule has 0 unspecified atom stereocenters. The molecule has 0 bridgehead atoms. The van der Waals surface area contributed by atoms with Gasteiger partial charge in [-0.1, -0.05) is 18.9 Å². The number of rotatable bonds is 9. The Hall–Kier alpha value is -4.19. The first kappa shape index (κ1) is 26.9. The van der Waals surface area contributed by atoms with E-state index < -0.39 is 29.6 Å². The standard InChI is InChI=1S/C26H28FN5O5S/c1-36-17-10-11-19(37-2)18(13-17)22(25(34)30-15-7-3-4-8-15)32(16-9-5-6-14(27)12-16)26(35)23-20(28)21(24(29)33)31-38-23/h5-6,9-13,15,22H,3-4,7-8,28H2,1-2H3,(H2,29,33)(H,30,34)/t22-/m0/s1. The summed E-state index contributed by atoms with van der Waals surface area (Å²) in [6.45, 7) is 0. The zero-order valence-electron chi connectivity index (χ0n) is 20.9. The Kier molecular flexibility index (Phi) is 8.10. The van der Waals surface area contributed by atoms with Crippen LogP contribution in [-0.2, 0) is 4.79 Å². The van der Waals surface area contributed by atoms with Crippen LogP contribution in [0.1, 0.15) is 57.4 Å². The molecule has 3 aromatic rings. The molecule has 5 N–H and O–H groups in total. The second-order valence-corrected chi connectivity index (χ2v) is 9.57. The van der Waals surface area contributed by atoms with Crippen LogP contribution in [0, 0.1) is 5.82 Å². The third kappa shape index (κ3) is 5.40. The summed E-state index contributed by atoms with van der Waals surface area (Å²) in [6.07, 6.45) is 3.53. The molecule has 1 atom stereocenters. The van der Waals surface area contributed by atoms with E-state index in [-0.39, 0.29) is 28.0 Å². The molecule has 0 radical (unpaired) electrons. The third-order valence-electron chi connectivity index (χ3n) is 6.40. The fourth-order valence-corrected chi connectivity index (χ4v) is 5.29. The lowest BCUT2D eigenvalue weighted by molar-refractivity contribution is -0.123. The smallest absolute Gasteiger partial charge is 0.273 e. The average Bonchev–Trinajstić information content (AvgIpc) is 3.55. The molecule has 0 spiro atoms. The Morgan fingerprint density at radius 2 is 1.87 bits per heavy atom. The molecule has 3 amide bonds. The van der Waals surface area contributed by atoms with Crippen molar-refractivity contribution >= 4 is 40.6 Å². The zero-order valence-corrected chi connectivity index (χ0v) is 21.7. The van der Waals surface area contributed by atoms with Gasteiger partial charge in [-0.25, -0.2) is 4.39 Å². The first-order chi connectivity index (χ1) is 18.2. The van der Waals surface area contributed by atoms with E-state index >= 15 is 0 Å². The quantitative estimate of drug-likeness (QED) is 0.376. The number of ether oxygens (including phenoxy) is 2. The highest BCUT2D eigenvalue weighted by molar-refractivity contribution is 7.09. The van der Waals surface area contributed by atoms with Crippen molar-refractivity contribution in [3.63, 3.8) is 0 Å². The Balaban J connectivity index is 1.93. The molecule has 0 saturated heterocycles. The molecule has 10 nitrogen and oxygen atoms in total. The number of primary amides is 1. The molecule has 1 aliphatic carbocycles. The number of benzene rings is 2. The van der Waals surface area contributed by atoms with Crippen molar-refractivity contribution in [3.8, 4) is 11.5 Å². The molecule has 1 aromatic heterocycles. The molecule has 0 aliphatic heterocycles. The second kappa shape index (κ2) is 11.5. The Morgan fingerprint density at radius 3 is 2.47 bits per heavy atom. The van der Waals surface area contributed by atoms with Gasteiger partial charge in [-0.2, -0.15) is 4.37 Å². The first-order valence-electron chi connectivity index (χ1n) is 11.9. The number of methoxy groups -OCH3 is 2. The molecule has 12 heteroatoms. The van der Waals surface area contributed by atoms with Gasteiger partial charge in [0.1, 0.15) is 28.2 Å². The van der Waals surface area contributed by atoms with Gasteiger partial charge in [-0.3, -0.25) is 19.3 Å². The van der Waals surface area contributed by atoms with Gasteiger partial charge >= 0.3 is 0 Å². The number of aromatic nitrogens is 1. The number of halogens is 1. The van der Waals surface area contributed by atoms with E-state index in [0.29, 0.717) is 28.6 Å². The predicted molar refractivity (Wildman–Crippen MR) is 141 cm³/mol. The zero-order chi connectivity index (χ0) is 27.4. The summed E-state index contributed by atoms with van der Waals surface area (Å²) in [5, 5.41) is 3.03. The summed E-state index contributed by atoms with van der Waals surface area (Å²) in [7, 11) is 2.91. The van der Waals surface area contributed by atoms with Crippen LogP contribution < -0.4 is 31.2 Å². The summed E-state index contributed by atoms with van der Waals surface area (Å²) in [5.74, 6) is -2.07. The number of carbonyl (C=O) groups excluding carboxylic acids is 3. The molecule has 1 heterocycles. The van der Waals surface area contributed by atoms with Crippen molar-refractivity contribution < 1.29 is 28.2 Å². The van der Waals surface area contributed by atoms with E-state index in [1.54, 1.807) is 18.2 Å². The van der Waals surface area contributed by atoms with Gasteiger partial charge in [0.05, 0.1) is 19.9 Å². The van der Waals surface area contributed by atoms with Gasteiger partial charge in [0, 0.05) is 17.3 Å². The molecule has 1 fully saturated rings. The van der Waals surface area contributed by atoms with Crippen LogP contribution in [0.15, 0.2) is 42.5 Å². The van der Waals surface area contributed by atoms with Gasteiger partial charge in [0.15, 0.2) is 5.69 Å². The monoisotopic (exact) mass is 541 g/mol. The number of nitrogen functional groups attached to an aromatic ring is 1. The van der Waals surface area contributed by atoms with Crippen LogP contribution in [0.25, 0.3) is 0 Å². The van der Waals surface area contributed by atoms with Crippen molar-refractivity contribution in [3.05, 3.63) is 64.4 Å². The maximum Gasteiger partial charge on any atom is 0.273 e. The lowest BCUT2D eigenvalue weighted by Crippen LogP contribution is -2.46. The highest BCUT2D eigenvalue weighted by Gasteiger charge is 2.39. The normalized spacial score (nSPS) is 14.1. The number of nitrogens with two attached hydrogens (primary N) is 2. The number of amides is 3. The predicted octanol–water partition coefficient (Wildman–Crippen LogP) is 3.43. The van der Waals surface area contributed by atoms with E-state index in [1.165, 1.54) is 32.4 Å². The maximum absolute atomic E-state index is 14.5. The number of hydrogen-bond acceptors (Lipinski definition) is 8. The van der Waals surface area contributed by atoms with Gasteiger partial charge in [0.2, 0.25) is 5.91 Å². The second-order valence-electron chi connectivity index (χ2n) is 8.79. The van der Waals surface area contributed by atoms with Gasteiger partial charge in [0.25, 0.3) is 11.8 Å². The van der Waals surface area contributed by atoms with Crippen LogP contribution in [0.5, 0.6) is 11.5 Å². The van der Waals surface area contributed by atoms with Gasteiger partial charge in [-0.05, 0) is 60.8 Å². The fraction of sp³-hybridized carbons (Fsp3) is 0.308. The van der Waals surface area contributed by atoms with Crippen LogP contribution in [0.4, 0.5) is 15.8 Å². The highest BCUT2D eigenvalue weighted by Crippen LogP contribution is 2.38. The highest BCUT2D eigenvalue weighted by atomic mass is 32.1. The molecular weight excluding hydrogens is 513 g/mol. The third-order valence-corrected chi connectivity index (χ3v) is 7.25. The molecule has 4 rings (SSSR count). The lowest BCUT2D eigenvalue weighted by Gasteiger charge is -2.33. The summed E-state index contributed by atoms with van der Waals surface area (Å²) >= 11 is 0.666. The summed E-state index contributed by atoms with van der Waals surface area (Å²) < 4.78 is 29.3. The summed E-state index contributed by atoms with van der Waals surface area (Å²) in [6, 6.07) is 8.72.